The van der Waals surface area contributed by atoms with E-state index in [2.05, 4.69) is 27.0 Å². The molecule has 0 aromatic heterocycles. The summed E-state index contributed by atoms with van der Waals surface area (Å²) in [4.78, 5) is 37.7. The lowest BCUT2D eigenvalue weighted by Gasteiger charge is -2.30. The Kier molecular flexibility index (Phi) is 12.0. The van der Waals surface area contributed by atoms with E-state index in [-0.39, 0.29) is 36.5 Å². The zero-order chi connectivity index (χ0) is 37.5. The van der Waals surface area contributed by atoms with Crippen LogP contribution in [0.3, 0.4) is 0 Å². The number of esters is 2. The fourth-order valence-electron chi connectivity index (χ4n) is 5.93. The SMILES string of the molecule is C=C(C)C(=O)OC(CC)COc1ccc(C(C)(C)c2ccc(OCC(C[P+]3(C=O)Oc4ccccc4-c4ccccc43)OC(=O)C(=C)C)cc2)cc1. The van der Waals surface area contributed by atoms with E-state index in [1.807, 2.05) is 104 Å². The number of fused-ring (bicyclic) bond motifs is 3. The van der Waals surface area contributed by atoms with Crippen molar-refractivity contribution in [1.82, 2.24) is 0 Å². The van der Waals surface area contributed by atoms with E-state index in [4.69, 9.17) is 23.5 Å². The first-order valence-electron chi connectivity index (χ1n) is 17.3. The molecule has 1 aliphatic heterocycles. The smallest absolute Gasteiger partial charge is 0.333 e. The van der Waals surface area contributed by atoms with Gasteiger partial charge in [0.25, 0.3) is 13.5 Å². The van der Waals surface area contributed by atoms with Gasteiger partial charge in [0.05, 0.1) is 0 Å². The maximum atomic E-state index is 13.0. The summed E-state index contributed by atoms with van der Waals surface area (Å²) in [5.41, 5.74) is 4.25. The Balaban J connectivity index is 1.27. The fraction of sp³-hybridized carbons (Fsp3) is 0.279. The van der Waals surface area contributed by atoms with E-state index < -0.39 is 25.5 Å². The normalized spacial score (nSPS) is 15.8. The topological polar surface area (TPSA) is 97.4 Å². The molecule has 3 unspecified atom stereocenters. The summed E-state index contributed by atoms with van der Waals surface area (Å²) in [6.45, 7) is 17.1. The van der Waals surface area contributed by atoms with Crippen LogP contribution in [0.25, 0.3) is 11.1 Å². The van der Waals surface area contributed by atoms with Gasteiger partial charge in [-0.25, -0.2) is 9.59 Å². The molecule has 1 heterocycles. The number of carbonyl (C=O) groups excluding carboxylic acids is 3. The van der Waals surface area contributed by atoms with E-state index in [1.54, 1.807) is 13.8 Å². The van der Waals surface area contributed by atoms with Crippen LogP contribution in [0.5, 0.6) is 17.2 Å². The Morgan fingerprint density at radius 3 is 1.73 bits per heavy atom. The maximum absolute atomic E-state index is 13.0. The minimum atomic E-state index is -2.95. The minimum absolute atomic E-state index is 0.0112. The number of rotatable bonds is 16. The lowest BCUT2D eigenvalue weighted by atomic mass is 9.78. The Morgan fingerprint density at radius 2 is 1.21 bits per heavy atom. The molecule has 3 atom stereocenters. The molecule has 0 fully saturated rings. The second-order valence-corrected chi connectivity index (χ2v) is 16.3. The fourth-order valence-corrected chi connectivity index (χ4v) is 8.78. The Hall–Kier alpha value is -5.20. The molecular formula is C43H46O8P+. The molecule has 1 aliphatic rings. The number of benzene rings is 4. The van der Waals surface area contributed by atoms with Crippen molar-refractivity contribution in [2.45, 2.75) is 58.7 Å². The molecule has 0 saturated carbocycles. The second kappa shape index (κ2) is 16.4. The highest BCUT2D eigenvalue weighted by Gasteiger charge is 2.52. The Morgan fingerprint density at radius 1 is 0.731 bits per heavy atom. The van der Waals surface area contributed by atoms with Crippen LogP contribution >= 0.6 is 7.49 Å². The lowest BCUT2D eigenvalue weighted by Crippen LogP contribution is -2.36. The minimum Gasteiger partial charge on any atom is -0.490 e. The van der Waals surface area contributed by atoms with Crippen LogP contribution in [0, 0.1) is 0 Å². The van der Waals surface area contributed by atoms with E-state index in [9.17, 15) is 14.4 Å². The summed E-state index contributed by atoms with van der Waals surface area (Å²) >= 11 is 0. The van der Waals surface area contributed by atoms with Gasteiger partial charge in [0.1, 0.15) is 42.3 Å². The van der Waals surface area contributed by atoms with E-state index in [0.29, 0.717) is 29.2 Å². The number of hydrogen-bond acceptors (Lipinski definition) is 8. The molecule has 0 saturated heterocycles. The molecule has 0 spiro atoms. The first kappa shape index (κ1) is 38.0. The van der Waals surface area contributed by atoms with Crippen molar-refractivity contribution in [3.63, 3.8) is 0 Å². The molecule has 4 aromatic carbocycles. The Labute approximate surface area is 306 Å². The molecule has 52 heavy (non-hydrogen) atoms. The highest BCUT2D eigenvalue weighted by Crippen LogP contribution is 2.62. The third kappa shape index (κ3) is 8.63. The van der Waals surface area contributed by atoms with Crippen molar-refractivity contribution < 1.29 is 37.9 Å². The molecule has 270 valence electrons. The molecule has 8 nitrogen and oxygen atoms in total. The maximum Gasteiger partial charge on any atom is 0.333 e. The number of carbonyl (C=O) groups is 3. The van der Waals surface area contributed by atoms with Gasteiger partial charge in [-0.3, -0.25) is 4.79 Å². The third-order valence-corrected chi connectivity index (χ3v) is 12.1. The van der Waals surface area contributed by atoms with Gasteiger partial charge in [0.2, 0.25) is 0 Å². The predicted molar refractivity (Wildman–Crippen MR) is 206 cm³/mol. The second-order valence-electron chi connectivity index (χ2n) is 13.5. The van der Waals surface area contributed by atoms with Crippen LogP contribution in [-0.4, -0.2) is 49.5 Å². The quantitative estimate of drug-likeness (QED) is 0.0491. The van der Waals surface area contributed by atoms with Crippen molar-refractivity contribution >= 4 is 30.8 Å². The van der Waals surface area contributed by atoms with Gasteiger partial charge in [-0.1, -0.05) is 94.6 Å². The van der Waals surface area contributed by atoms with Crippen LogP contribution in [0.4, 0.5) is 0 Å². The van der Waals surface area contributed by atoms with Gasteiger partial charge in [0.15, 0.2) is 11.9 Å². The van der Waals surface area contributed by atoms with Crippen LogP contribution < -0.4 is 19.3 Å². The van der Waals surface area contributed by atoms with Crippen LogP contribution in [-0.2, 0) is 29.3 Å². The summed E-state index contributed by atoms with van der Waals surface area (Å²) in [5.74, 6) is 0.911. The van der Waals surface area contributed by atoms with E-state index >= 15 is 0 Å². The summed E-state index contributed by atoms with van der Waals surface area (Å²) in [6.07, 6.45) is -0.381. The lowest BCUT2D eigenvalue weighted by molar-refractivity contribution is -0.146. The molecule has 4 aromatic rings. The average molecular weight is 722 g/mol. The van der Waals surface area contributed by atoms with Gasteiger partial charge in [0, 0.05) is 27.7 Å². The molecule has 0 bridgehead atoms. The van der Waals surface area contributed by atoms with Crippen molar-refractivity contribution in [3.8, 4) is 28.4 Å². The van der Waals surface area contributed by atoms with E-state index in [0.717, 1.165) is 33.6 Å². The third-order valence-electron chi connectivity index (χ3n) is 9.12. The first-order valence-corrected chi connectivity index (χ1v) is 19.2. The summed E-state index contributed by atoms with van der Waals surface area (Å²) in [6, 6.07) is 31.9. The molecule has 0 radical (unpaired) electrons. The Bertz CT molecular complexity index is 1930. The van der Waals surface area contributed by atoms with Gasteiger partial charge in [-0.15, -0.1) is 0 Å². The zero-order valence-electron chi connectivity index (χ0n) is 30.4. The van der Waals surface area contributed by atoms with Gasteiger partial charge in [-0.05, 0) is 67.8 Å². The van der Waals surface area contributed by atoms with Gasteiger partial charge >= 0.3 is 11.9 Å². The largest absolute Gasteiger partial charge is 0.490 e. The predicted octanol–water partition coefficient (Wildman–Crippen LogP) is 8.66. The molecule has 0 aliphatic carbocycles. The van der Waals surface area contributed by atoms with Crippen molar-refractivity contribution in [2.24, 2.45) is 0 Å². The summed E-state index contributed by atoms with van der Waals surface area (Å²) < 4.78 is 29.9. The summed E-state index contributed by atoms with van der Waals surface area (Å²) in [7, 11) is -2.95. The van der Waals surface area contributed by atoms with Gasteiger partial charge in [-0.2, -0.15) is 0 Å². The zero-order valence-corrected chi connectivity index (χ0v) is 31.3. The van der Waals surface area contributed by atoms with Crippen molar-refractivity contribution in [2.75, 3.05) is 19.4 Å². The molecular weight excluding hydrogens is 675 g/mol. The van der Waals surface area contributed by atoms with Crippen LogP contribution in [0.15, 0.2) is 121 Å². The molecule has 9 heteroatoms. The number of hydrogen-bond donors (Lipinski definition) is 0. The summed E-state index contributed by atoms with van der Waals surface area (Å²) in [5, 5.41) is 0.806. The number of ether oxygens (including phenoxy) is 4. The van der Waals surface area contributed by atoms with Crippen molar-refractivity contribution in [3.05, 3.63) is 132 Å². The van der Waals surface area contributed by atoms with Crippen LogP contribution in [0.2, 0.25) is 0 Å². The highest BCUT2D eigenvalue weighted by atomic mass is 31.2. The van der Waals surface area contributed by atoms with E-state index in [1.165, 1.54) is 0 Å². The van der Waals surface area contributed by atoms with Crippen molar-refractivity contribution in [1.29, 1.82) is 0 Å². The molecule has 0 N–H and O–H groups in total. The molecule has 5 rings (SSSR count). The first-order chi connectivity index (χ1) is 24.9. The monoisotopic (exact) mass is 721 g/mol. The number of para-hydroxylation sites is 1. The van der Waals surface area contributed by atoms with Gasteiger partial charge < -0.3 is 23.5 Å². The highest BCUT2D eigenvalue weighted by molar-refractivity contribution is 7.91. The molecule has 0 amide bonds. The standard InChI is InChI=1S/C43H46O8P/c1-8-33(49-41(45)29(2)3)25-47-34-21-17-31(18-22-34)43(6,7)32-19-23-35(24-20-32)48-26-36(50-42(46)30(4)5)27-52(28-44)40-16-12-10-14-38(40)37-13-9-11-15-39(37)51-52/h9-24,28,33,36H,2,4,8,25-27H2,1,3,5-7H3/q+1. The van der Waals surface area contributed by atoms with Crippen LogP contribution in [0.1, 0.15) is 52.2 Å². The average Bonchev–Trinajstić information content (AvgIpc) is 3.15.